The number of ether oxygens (including phenoxy) is 2. The van der Waals surface area contributed by atoms with Gasteiger partial charge in [-0.25, -0.2) is 13.2 Å². The summed E-state index contributed by atoms with van der Waals surface area (Å²) in [7, 11) is -3.66. The van der Waals surface area contributed by atoms with E-state index in [4.69, 9.17) is 9.47 Å². The van der Waals surface area contributed by atoms with Gasteiger partial charge in [0.05, 0.1) is 18.0 Å². The van der Waals surface area contributed by atoms with Crippen LogP contribution in [0.25, 0.3) is 10.9 Å². The number of nitrogens with one attached hydrogen (secondary N) is 2. The topological polar surface area (TPSA) is 121 Å². The van der Waals surface area contributed by atoms with Crippen LogP contribution >= 0.6 is 0 Å². The predicted octanol–water partition coefficient (Wildman–Crippen LogP) is 2.43. The molecule has 3 N–H and O–H groups in total. The molecule has 35 heavy (non-hydrogen) atoms. The Bertz CT molecular complexity index is 1370. The number of esters is 1. The van der Waals surface area contributed by atoms with Crippen LogP contribution in [-0.4, -0.2) is 57.0 Å². The molecular formula is C25H29N3O6S. The molecule has 2 aliphatic rings. The maximum absolute atomic E-state index is 12.1. The molecule has 0 fully saturated rings. The molecule has 0 radical (unpaired) electrons. The van der Waals surface area contributed by atoms with Crippen LogP contribution < -0.4 is 19.1 Å². The second-order valence-corrected chi connectivity index (χ2v) is 10.9. The zero-order chi connectivity index (χ0) is 24.6. The minimum atomic E-state index is -3.66. The Morgan fingerprint density at radius 3 is 2.86 bits per heavy atom. The molecule has 0 spiro atoms. The summed E-state index contributed by atoms with van der Waals surface area (Å²) in [6.07, 6.45) is 4.86. The monoisotopic (exact) mass is 499 g/mol. The summed E-state index contributed by atoms with van der Waals surface area (Å²) >= 11 is 0. The van der Waals surface area contributed by atoms with Gasteiger partial charge in [-0.1, -0.05) is 6.07 Å². The van der Waals surface area contributed by atoms with E-state index in [1.807, 2.05) is 12.1 Å². The van der Waals surface area contributed by atoms with E-state index >= 15 is 0 Å². The van der Waals surface area contributed by atoms with Gasteiger partial charge in [0.2, 0.25) is 10.0 Å². The number of rotatable bonds is 8. The highest BCUT2D eigenvalue weighted by molar-refractivity contribution is 7.92. The maximum Gasteiger partial charge on any atom is 0.332 e. The Morgan fingerprint density at radius 2 is 2.03 bits per heavy atom. The molecule has 2 aromatic carbocycles. The lowest BCUT2D eigenvalue weighted by molar-refractivity contribution is -0.133. The Labute approximate surface area is 204 Å². The third-order valence-electron chi connectivity index (χ3n) is 6.49. The molecule has 1 aliphatic carbocycles. The van der Waals surface area contributed by atoms with Crippen molar-refractivity contribution in [2.75, 3.05) is 36.8 Å². The number of carbonyl (C=O) groups is 1. The second kappa shape index (κ2) is 9.52. The number of aromatic nitrogens is 1. The first-order chi connectivity index (χ1) is 16.8. The lowest BCUT2D eigenvalue weighted by Crippen LogP contribution is -2.40. The molecule has 1 aliphatic heterocycles. The fourth-order valence-corrected chi connectivity index (χ4v) is 5.60. The zero-order valence-corrected chi connectivity index (χ0v) is 20.4. The number of aliphatic hydroxyl groups excluding tert-OH is 1. The molecule has 9 nitrogen and oxygen atoms in total. The molecule has 0 bridgehead atoms. The van der Waals surface area contributed by atoms with Crippen LogP contribution in [0.5, 0.6) is 11.5 Å². The van der Waals surface area contributed by atoms with Crippen molar-refractivity contribution in [1.82, 2.24) is 10.3 Å². The number of carbonyl (C=O) groups excluding carboxylic acids is 1. The van der Waals surface area contributed by atoms with Gasteiger partial charge in [0.1, 0.15) is 18.9 Å². The van der Waals surface area contributed by atoms with Crippen molar-refractivity contribution < 1.29 is 27.8 Å². The summed E-state index contributed by atoms with van der Waals surface area (Å²) in [5.41, 5.74) is 4.66. The van der Waals surface area contributed by atoms with E-state index in [-0.39, 0.29) is 18.0 Å². The molecule has 1 atom stereocenters. The molecular weight excluding hydrogens is 470 g/mol. The van der Waals surface area contributed by atoms with Crippen molar-refractivity contribution in [3.63, 3.8) is 0 Å². The van der Waals surface area contributed by atoms with Crippen LogP contribution in [0, 0.1) is 0 Å². The van der Waals surface area contributed by atoms with Crippen LogP contribution in [0.3, 0.4) is 0 Å². The van der Waals surface area contributed by atoms with E-state index in [1.165, 1.54) is 41.6 Å². The highest BCUT2D eigenvalue weighted by Gasteiger charge is 2.31. The van der Waals surface area contributed by atoms with E-state index in [0.29, 0.717) is 18.7 Å². The van der Waals surface area contributed by atoms with Crippen molar-refractivity contribution in [2.45, 2.75) is 31.8 Å². The Hall–Kier alpha value is -3.08. The number of aryl methyl sites for hydroxylation is 2. The Kier molecular flexibility index (Phi) is 6.43. The van der Waals surface area contributed by atoms with Gasteiger partial charge in [0.25, 0.3) is 0 Å². The molecule has 0 saturated carbocycles. The van der Waals surface area contributed by atoms with Crippen molar-refractivity contribution in [2.24, 2.45) is 0 Å². The Morgan fingerprint density at radius 1 is 1.20 bits per heavy atom. The summed E-state index contributed by atoms with van der Waals surface area (Å²) in [4.78, 5) is 15.2. The number of benzene rings is 2. The summed E-state index contributed by atoms with van der Waals surface area (Å²) in [6, 6.07) is 10.8. The maximum atomic E-state index is 12.1. The van der Waals surface area contributed by atoms with Crippen LogP contribution in [0.15, 0.2) is 36.4 Å². The standard InChI is InChI=1S/C25H29N3O6S/c1-35(31,32)28-15-25(30)34-24-9-6-16(12-22(24)28)23(29)14-26-10-11-33-17-7-8-19-18-4-2-3-5-20(18)27-21(19)13-17/h6-9,12-13,23,26-27,29H,2-5,10-11,14-15H2,1H3. The van der Waals surface area contributed by atoms with E-state index in [2.05, 4.69) is 16.4 Å². The van der Waals surface area contributed by atoms with Crippen LogP contribution in [0.4, 0.5) is 5.69 Å². The molecule has 5 rings (SSSR count). The average Bonchev–Trinajstić information content (AvgIpc) is 3.20. The fraction of sp³-hybridized carbons (Fsp3) is 0.400. The zero-order valence-electron chi connectivity index (χ0n) is 19.5. The summed E-state index contributed by atoms with van der Waals surface area (Å²) < 4.78 is 36.2. The van der Waals surface area contributed by atoms with Gasteiger partial charge in [0, 0.05) is 35.8 Å². The van der Waals surface area contributed by atoms with Gasteiger partial charge in [-0.05, 0) is 61.1 Å². The third-order valence-corrected chi connectivity index (χ3v) is 7.61. The highest BCUT2D eigenvalue weighted by Crippen LogP contribution is 2.36. The smallest absolute Gasteiger partial charge is 0.332 e. The number of aliphatic hydroxyl groups is 1. The van der Waals surface area contributed by atoms with Gasteiger partial charge in [-0.2, -0.15) is 0 Å². The number of hydrogen-bond acceptors (Lipinski definition) is 7. The number of nitrogens with zero attached hydrogens (tertiary/aromatic N) is 1. The van der Waals surface area contributed by atoms with E-state index in [0.717, 1.165) is 34.7 Å². The highest BCUT2D eigenvalue weighted by atomic mass is 32.2. The van der Waals surface area contributed by atoms with Crippen molar-refractivity contribution in [1.29, 1.82) is 0 Å². The minimum Gasteiger partial charge on any atom is -0.492 e. The van der Waals surface area contributed by atoms with E-state index in [1.54, 1.807) is 6.07 Å². The van der Waals surface area contributed by atoms with Crippen LogP contribution in [0.2, 0.25) is 0 Å². The van der Waals surface area contributed by atoms with E-state index in [9.17, 15) is 18.3 Å². The number of fused-ring (bicyclic) bond motifs is 4. The summed E-state index contributed by atoms with van der Waals surface area (Å²) in [5, 5.41) is 15.0. The van der Waals surface area contributed by atoms with Crippen LogP contribution in [-0.2, 0) is 27.7 Å². The molecule has 3 aromatic rings. The minimum absolute atomic E-state index is 0.156. The SMILES string of the molecule is CS(=O)(=O)N1CC(=O)Oc2ccc(C(O)CNCCOc3ccc4c5c([nH]c4c3)CCCC5)cc21. The normalized spacial score (nSPS) is 16.5. The van der Waals surface area contributed by atoms with Crippen LogP contribution in [0.1, 0.15) is 35.8 Å². The molecule has 0 amide bonds. The molecule has 0 saturated heterocycles. The first-order valence-electron chi connectivity index (χ1n) is 11.8. The molecule has 10 heteroatoms. The molecule has 1 unspecified atom stereocenters. The number of hydrogen-bond donors (Lipinski definition) is 3. The fourth-order valence-electron chi connectivity index (χ4n) is 4.76. The first kappa shape index (κ1) is 23.7. The second-order valence-electron chi connectivity index (χ2n) is 9.04. The van der Waals surface area contributed by atoms with Crippen molar-refractivity contribution in [3.8, 4) is 11.5 Å². The largest absolute Gasteiger partial charge is 0.492 e. The number of H-pyrrole nitrogens is 1. The molecule has 2 heterocycles. The lowest BCUT2D eigenvalue weighted by Gasteiger charge is -2.28. The van der Waals surface area contributed by atoms with Gasteiger partial charge in [-0.3, -0.25) is 4.31 Å². The average molecular weight is 500 g/mol. The number of anilines is 1. The van der Waals surface area contributed by atoms with Gasteiger partial charge in [-0.15, -0.1) is 0 Å². The quantitative estimate of drug-likeness (QED) is 0.247. The van der Waals surface area contributed by atoms with Gasteiger partial charge >= 0.3 is 5.97 Å². The van der Waals surface area contributed by atoms with Gasteiger partial charge in [0.15, 0.2) is 5.75 Å². The van der Waals surface area contributed by atoms with Crippen molar-refractivity contribution >= 4 is 32.6 Å². The summed E-state index contributed by atoms with van der Waals surface area (Å²) in [5.74, 6) is 0.306. The number of sulfonamides is 1. The van der Waals surface area contributed by atoms with E-state index < -0.39 is 28.6 Å². The Balaban J connectivity index is 1.15. The third kappa shape index (κ3) is 5.00. The number of aromatic amines is 1. The first-order valence-corrected chi connectivity index (χ1v) is 13.6. The lowest BCUT2D eigenvalue weighted by atomic mass is 9.96. The van der Waals surface area contributed by atoms with Gasteiger partial charge < -0.3 is 24.9 Å². The van der Waals surface area contributed by atoms with Crippen molar-refractivity contribution in [3.05, 3.63) is 53.2 Å². The summed E-state index contributed by atoms with van der Waals surface area (Å²) in [6.45, 7) is 0.816. The predicted molar refractivity (Wildman–Crippen MR) is 133 cm³/mol. The molecule has 1 aromatic heterocycles. The molecule has 186 valence electrons.